The van der Waals surface area contributed by atoms with Gasteiger partial charge in [0.2, 0.25) is 0 Å². The number of imidazole rings is 1. The molecule has 0 spiro atoms. The van der Waals surface area contributed by atoms with E-state index in [0.29, 0.717) is 38.6 Å². The fourth-order valence-corrected chi connectivity index (χ4v) is 2.06. The van der Waals surface area contributed by atoms with Crippen molar-refractivity contribution in [1.29, 1.82) is 0 Å². The molecule has 0 atom stereocenters. The molecule has 3 rings (SSSR count). The molecule has 0 aliphatic rings. The van der Waals surface area contributed by atoms with Gasteiger partial charge in [0.15, 0.2) is 11.5 Å². The second-order valence-electron chi connectivity index (χ2n) is 3.60. The van der Waals surface area contributed by atoms with Gasteiger partial charge < -0.3 is 25.9 Å². The van der Waals surface area contributed by atoms with Crippen molar-refractivity contribution in [1.82, 2.24) is 15.0 Å². The highest BCUT2D eigenvalue weighted by atomic mass is 32.1. The monoisotopic (exact) mass is 235 g/mol. The third-order valence-electron chi connectivity index (χ3n) is 2.61. The number of nitrogen functional groups attached to an aromatic ring is 2. The second-order valence-corrected chi connectivity index (χ2v) is 3.97. The van der Waals surface area contributed by atoms with E-state index < -0.39 is 0 Å². The lowest BCUT2D eigenvalue weighted by molar-refractivity contribution is 0.581. The summed E-state index contributed by atoms with van der Waals surface area (Å²) < 4.78 is 5.38. The van der Waals surface area contributed by atoms with Crippen LogP contribution >= 0.6 is 12.2 Å². The summed E-state index contributed by atoms with van der Waals surface area (Å²) in [5.74, 6) is 0.330. The first-order valence-electron chi connectivity index (χ1n) is 4.64. The largest absolute Gasteiger partial charge is 0.429 e. The number of nitrogens with zero attached hydrogens (tertiary/aromatic N) is 1. The van der Waals surface area contributed by atoms with Crippen molar-refractivity contribution in [3.8, 4) is 0 Å². The molecule has 6 N–H and O–H groups in total. The average Bonchev–Trinajstić information content (AvgIpc) is 2.78. The molecule has 82 valence electrons. The summed E-state index contributed by atoms with van der Waals surface area (Å²) in [6, 6.07) is 0. The van der Waals surface area contributed by atoms with Gasteiger partial charge in [-0.1, -0.05) is 0 Å². The van der Waals surface area contributed by atoms with Gasteiger partial charge in [-0.15, -0.1) is 0 Å². The number of anilines is 2. The van der Waals surface area contributed by atoms with Gasteiger partial charge in [-0.05, 0) is 19.1 Å². The van der Waals surface area contributed by atoms with Crippen LogP contribution in [0.1, 0.15) is 5.56 Å². The van der Waals surface area contributed by atoms with Crippen molar-refractivity contribution >= 4 is 46.0 Å². The van der Waals surface area contributed by atoms with Gasteiger partial charge in [-0.3, -0.25) is 0 Å². The number of hydrogen-bond acceptors (Lipinski definition) is 5. The molecule has 0 saturated carbocycles. The zero-order valence-electron chi connectivity index (χ0n) is 8.42. The number of hydrogen-bond donors (Lipinski definition) is 4. The molecular formula is C9H9N5OS. The number of benzene rings is 1. The summed E-state index contributed by atoms with van der Waals surface area (Å²) in [4.78, 5) is 10.3. The topological polar surface area (TPSA) is 110 Å². The second kappa shape index (κ2) is 2.76. The van der Waals surface area contributed by atoms with Crippen molar-refractivity contribution in [2.45, 2.75) is 6.92 Å². The van der Waals surface area contributed by atoms with Crippen molar-refractivity contribution in [2.75, 3.05) is 11.5 Å². The fraction of sp³-hybridized carbons (Fsp3) is 0.111. The van der Waals surface area contributed by atoms with Crippen molar-refractivity contribution in [3.63, 3.8) is 0 Å². The Morgan fingerprint density at radius 3 is 2.75 bits per heavy atom. The van der Waals surface area contributed by atoms with E-state index in [0.717, 1.165) is 5.56 Å². The lowest BCUT2D eigenvalue weighted by Crippen LogP contribution is -1.91. The molecule has 1 aromatic carbocycles. The summed E-state index contributed by atoms with van der Waals surface area (Å²) in [7, 11) is 0. The first kappa shape index (κ1) is 9.22. The number of nitrogens with two attached hydrogens (primary N) is 2. The summed E-state index contributed by atoms with van der Waals surface area (Å²) >= 11 is 4.94. The summed E-state index contributed by atoms with van der Waals surface area (Å²) in [6.07, 6.45) is 0. The highest BCUT2D eigenvalue weighted by molar-refractivity contribution is 7.71. The van der Waals surface area contributed by atoms with Gasteiger partial charge in [0.05, 0.1) is 16.7 Å². The Labute approximate surface area is 94.6 Å². The van der Waals surface area contributed by atoms with Gasteiger partial charge in [-0.2, -0.15) is 0 Å². The number of oxazole rings is 1. The van der Waals surface area contributed by atoms with E-state index in [2.05, 4.69) is 15.0 Å². The number of aromatic amines is 2. The first-order valence-corrected chi connectivity index (χ1v) is 5.05. The fourth-order valence-electron chi connectivity index (χ4n) is 1.87. The molecule has 0 radical (unpaired) electrons. The number of H-pyrrole nitrogens is 2. The highest BCUT2D eigenvalue weighted by Gasteiger charge is 2.15. The number of nitrogens with one attached hydrogen (secondary N) is 2. The van der Waals surface area contributed by atoms with Gasteiger partial charge in [0.25, 0.3) is 4.84 Å². The van der Waals surface area contributed by atoms with Crippen LogP contribution in [0.4, 0.5) is 11.6 Å². The molecule has 6 nitrogen and oxygen atoms in total. The maximum atomic E-state index is 5.99. The minimum Gasteiger partial charge on any atom is -0.429 e. The van der Waals surface area contributed by atoms with E-state index in [1.165, 1.54) is 0 Å². The molecule has 2 aromatic heterocycles. The predicted molar refractivity (Wildman–Crippen MR) is 64.6 cm³/mol. The van der Waals surface area contributed by atoms with Crippen LogP contribution in [0.3, 0.4) is 0 Å². The van der Waals surface area contributed by atoms with Gasteiger partial charge in [0.1, 0.15) is 5.52 Å². The zero-order valence-corrected chi connectivity index (χ0v) is 9.23. The van der Waals surface area contributed by atoms with Crippen LogP contribution in [0, 0.1) is 11.8 Å². The van der Waals surface area contributed by atoms with Crippen LogP contribution in [-0.2, 0) is 0 Å². The minimum absolute atomic E-state index is 0.297. The molecule has 0 fully saturated rings. The zero-order chi connectivity index (χ0) is 11.4. The van der Waals surface area contributed by atoms with E-state index in [9.17, 15) is 0 Å². The van der Waals surface area contributed by atoms with Gasteiger partial charge in [-0.25, -0.2) is 4.98 Å². The minimum atomic E-state index is 0.297. The summed E-state index contributed by atoms with van der Waals surface area (Å²) in [6.45, 7) is 1.89. The van der Waals surface area contributed by atoms with Crippen molar-refractivity contribution in [3.05, 3.63) is 10.4 Å². The summed E-state index contributed by atoms with van der Waals surface area (Å²) in [5, 5.41) is 0. The standard InChI is InChI=1S/C9H9N5OS/c1-2-4-5(13-8(11)12-4)3(10)6-7(2)15-9(16)14-6/h10H2,1H3,(H,14,16)(H3,11,12,13). The first-order chi connectivity index (χ1) is 7.58. The number of aryl methyl sites for hydroxylation is 1. The van der Waals surface area contributed by atoms with E-state index in [1.54, 1.807) is 0 Å². The van der Waals surface area contributed by atoms with E-state index in [-0.39, 0.29) is 0 Å². The van der Waals surface area contributed by atoms with Crippen LogP contribution in [0.2, 0.25) is 0 Å². The maximum Gasteiger partial charge on any atom is 0.266 e. The molecule has 0 amide bonds. The molecule has 0 aliphatic carbocycles. The number of aromatic nitrogens is 3. The molecule has 0 saturated heterocycles. The quantitative estimate of drug-likeness (QED) is 0.351. The molecule has 7 heteroatoms. The van der Waals surface area contributed by atoms with Crippen molar-refractivity contribution in [2.24, 2.45) is 0 Å². The third kappa shape index (κ3) is 1.00. The highest BCUT2D eigenvalue weighted by Crippen LogP contribution is 2.32. The SMILES string of the molecule is Cc1c2nc(N)[nH]c2c(N)c2[nH]c(=S)oc12. The van der Waals surface area contributed by atoms with E-state index in [4.69, 9.17) is 28.1 Å². The molecule has 0 bridgehead atoms. The number of fused-ring (bicyclic) bond motifs is 2. The Hall–Kier alpha value is -2.02. The molecule has 16 heavy (non-hydrogen) atoms. The lowest BCUT2D eigenvalue weighted by atomic mass is 10.1. The van der Waals surface area contributed by atoms with E-state index in [1.807, 2.05) is 6.92 Å². The Morgan fingerprint density at radius 2 is 2.00 bits per heavy atom. The van der Waals surface area contributed by atoms with Crippen LogP contribution in [-0.4, -0.2) is 15.0 Å². The molecule has 0 unspecified atom stereocenters. The molecule has 3 aromatic rings. The smallest absolute Gasteiger partial charge is 0.266 e. The normalized spacial score (nSPS) is 11.6. The van der Waals surface area contributed by atoms with Crippen LogP contribution < -0.4 is 11.5 Å². The number of rotatable bonds is 0. The van der Waals surface area contributed by atoms with Gasteiger partial charge in [0, 0.05) is 5.56 Å². The molecule has 2 heterocycles. The van der Waals surface area contributed by atoms with E-state index >= 15 is 0 Å². The van der Waals surface area contributed by atoms with Crippen LogP contribution in [0.15, 0.2) is 4.42 Å². The third-order valence-corrected chi connectivity index (χ3v) is 2.79. The summed E-state index contributed by atoms with van der Waals surface area (Å²) in [5.41, 5.74) is 15.7. The van der Waals surface area contributed by atoms with Crippen LogP contribution in [0.5, 0.6) is 0 Å². The van der Waals surface area contributed by atoms with Crippen molar-refractivity contribution < 1.29 is 4.42 Å². The predicted octanol–water partition coefficient (Wildman–Crippen LogP) is 1.84. The van der Waals surface area contributed by atoms with Crippen LogP contribution in [0.25, 0.3) is 22.1 Å². The Kier molecular flexibility index (Phi) is 1.59. The Morgan fingerprint density at radius 1 is 1.25 bits per heavy atom. The average molecular weight is 235 g/mol. The van der Waals surface area contributed by atoms with Gasteiger partial charge >= 0.3 is 0 Å². The Bertz CT molecular complexity index is 705. The molecular weight excluding hydrogens is 226 g/mol. The molecule has 0 aliphatic heterocycles. The maximum absolute atomic E-state index is 5.99. The lowest BCUT2D eigenvalue weighted by Gasteiger charge is -2.00. The Balaban J connectivity index is 2.69.